The smallest absolute Gasteiger partial charge is 0.0577 e. The van der Waals surface area contributed by atoms with Crippen molar-refractivity contribution in [1.29, 1.82) is 0 Å². The van der Waals surface area contributed by atoms with Crippen LogP contribution in [0.4, 0.5) is 0 Å². The van der Waals surface area contributed by atoms with E-state index in [-0.39, 0.29) is 23.8 Å². The van der Waals surface area contributed by atoms with Gasteiger partial charge in [0.1, 0.15) is 0 Å². The highest BCUT2D eigenvalue weighted by Gasteiger charge is 2.14. The predicted octanol–water partition coefficient (Wildman–Crippen LogP) is 5.19. The van der Waals surface area contributed by atoms with Gasteiger partial charge in [0.2, 0.25) is 0 Å². The Kier molecular flexibility index (Phi) is 8.44. The second-order valence-electron chi connectivity index (χ2n) is 5.05. The maximum atomic E-state index is 6.34. The number of rotatable bonds is 7. The van der Waals surface area contributed by atoms with Crippen molar-refractivity contribution < 1.29 is 0 Å². The quantitative estimate of drug-likeness (QED) is 0.691. The Balaban J connectivity index is 0.00000220. The first kappa shape index (κ1) is 18.0. The van der Waals surface area contributed by atoms with Crippen molar-refractivity contribution in [3.63, 3.8) is 0 Å². The van der Waals surface area contributed by atoms with Crippen LogP contribution in [0.25, 0.3) is 0 Å². The Morgan fingerprint density at radius 1 is 0.905 bits per heavy atom. The highest BCUT2D eigenvalue weighted by Crippen LogP contribution is 2.22. The Labute approximate surface area is 139 Å². The summed E-state index contributed by atoms with van der Waals surface area (Å²) in [5.74, 6) is 0. The van der Waals surface area contributed by atoms with E-state index >= 15 is 0 Å². The van der Waals surface area contributed by atoms with Crippen LogP contribution < -0.4 is 5.32 Å². The van der Waals surface area contributed by atoms with Crippen LogP contribution in [0.2, 0.25) is 0 Å². The highest BCUT2D eigenvalue weighted by molar-refractivity contribution is 6.20. The van der Waals surface area contributed by atoms with E-state index in [0.717, 1.165) is 19.4 Å². The summed E-state index contributed by atoms with van der Waals surface area (Å²) in [6, 6.07) is 21.3. The Morgan fingerprint density at radius 2 is 1.38 bits per heavy atom. The molecule has 0 saturated heterocycles. The molecule has 0 fully saturated rings. The number of hydrogen-bond donors (Lipinski definition) is 1. The summed E-state index contributed by atoms with van der Waals surface area (Å²) in [6.45, 7) is 2.99. The van der Waals surface area contributed by atoms with E-state index in [9.17, 15) is 0 Å². The van der Waals surface area contributed by atoms with Crippen LogP contribution in [0, 0.1) is 0 Å². The molecule has 3 heteroatoms. The maximum Gasteiger partial charge on any atom is 0.0577 e. The van der Waals surface area contributed by atoms with Gasteiger partial charge in [-0.2, -0.15) is 0 Å². The lowest BCUT2D eigenvalue weighted by atomic mass is 9.98. The van der Waals surface area contributed by atoms with Crippen molar-refractivity contribution in [3.8, 4) is 0 Å². The van der Waals surface area contributed by atoms with E-state index in [0.29, 0.717) is 0 Å². The lowest BCUT2D eigenvalue weighted by Gasteiger charge is -2.21. The largest absolute Gasteiger partial charge is 0.305 e. The second-order valence-corrected chi connectivity index (χ2v) is 5.67. The summed E-state index contributed by atoms with van der Waals surface area (Å²) in [7, 11) is 0. The van der Waals surface area contributed by atoms with Crippen LogP contribution in [0.1, 0.15) is 36.9 Å². The first-order chi connectivity index (χ1) is 9.81. The third kappa shape index (κ3) is 5.70. The SMILES string of the molecule is CCCC(Cl)CNC(c1ccccc1)c1ccccc1.Cl. The minimum absolute atomic E-state index is 0. The van der Waals surface area contributed by atoms with Gasteiger partial charge in [0.05, 0.1) is 6.04 Å². The van der Waals surface area contributed by atoms with E-state index in [2.05, 4.69) is 60.8 Å². The van der Waals surface area contributed by atoms with E-state index in [1.807, 2.05) is 12.1 Å². The fourth-order valence-corrected chi connectivity index (χ4v) is 2.69. The van der Waals surface area contributed by atoms with Crippen molar-refractivity contribution in [1.82, 2.24) is 5.32 Å². The molecule has 2 aromatic carbocycles. The van der Waals surface area contributed by atoms with Gasteiger partial charge < -0.3 is 5.32 Å². The first-order valence-electron chi connectivity index (χ1n) is 7.28. The average molecular weight is 324 g/mol. The van der Waals surface area contributed by atoms with Crippen molar-refractivity contribution in [2.45, 2.75) is 31.2 Å². The van der Waals surface area contributed by atoms with Crippen molar-refractivity contribution in [3.05, 3.63) is 71.8 Å². The van der Waals surface area contributed by atoms with Crippen LogP contribution >= 0.6 is 24.0 Å². The van der Waals surface area contributed by atoms with E-state index < -0.39 is 0 Å². The molecule has 0 heterocycles. The van der Waals surface area contributed by atoms with Gasteiger partial charge >= 0.3 is 0 Å². The summed E-state index contributed by atoms with van der Waals surface area (Å²) < 4.78 is 0. The fraction of sp³-hybridized carbons (Fsp3) is 0.333. The molecule has 2 rings (SSSR count). The summed E-state index contributed by atoms with van der Waals surface area (Å²) in [5.41, 5.74) is 2.55. The summed E-state index contributed by atoms with van der Waals surface area (Å²) in [4.78, 5) is 0. The zero-order valence-electron chi connectivity index (χ0n) is 12.3. The van der Waals surface area contributed by atoms with Gasteiger partial charge in [0.15, 0.2) is 0 Å². The molecule has 0 aliphatic carbocycles. The number of hydrogen-bond acceptors (Lipinski definition) is 1. The molecule has 1 N–H and O–H groups in total. The average Bonchev–Trinajstić information content (AvgIpc) is 2.50. The molecule has 114 valence electrons. The highest BCUT2D eigenvalue weighted by atomic mass is 35.5. The van der Waals surface area contributed by atoms with Gasteiger partial charge in [0, 0.05) is 11.9 Å². The Hall–Kier alpha value is -1.02. The van der Waals surface area contributed by atoms with Crippen LogP contribution in [0.15, 0.2) is 60.7 Å². The Morgan fingerprint density at radius 3 is 1.81 bits per heavy atom. The van der Waals surface area contributed by atoms with Crippen LogP contribution in [0.3, 0.4) is 0 Å². The fourth-order valence-electron chi connectivity index (χ4n) is 2.38. The standard InChI is InChI=1S/C18H22ClN.ClH/c1-2-9-17(19)14-20-18(15-10-5-3-6-11-15)16-12-7-4-8-13-16;/h3-8,10-13,17-18,20H,2,9,14H2,1H3;1H. The minimum Gasteiger partial charge on any atom is -0.305 e. The zero-order valence-corrected chi connectivity index (χ0v) is 13.9. The molecular weight excluding hydrogens is 301 g/mol. The molecule has 1 nitrogen and oxygen atoms in total. The minimum atomic E-state index is 0. The lowest BCUT2D eigenvalue weighted by Crippen LogP contribution is -2.28. The molecule has 2 aromatic rings. The molecule has 21 heavy (non-hydrogen) atoms. The molecule has 1 atom stereocenters. The molecule has 0 amide bonds. The molecule has 0 aliphatic heterocycles. The monoisotopic (exact) mass is 323 g/mol. The van der Waals surface area contributed by atoms with Gasteiger partial charge in [-0.05, 0) is 17.5 Å². The first-order valence-corrected chi connectivity index (χ1v) is 7.72. The van der Waals surface area contributed by atoms with Gasteiger partial charge in [-0.3, -0.25) is 0 Å². The van der Waals surface area contributed by atoms with Gasteiger partial charge in [0.25, 0.3) is 0 Å². The lowest BCUT2D eigenvalue weighted by molar-refractivity contribution is 0.570. The zero-order chi connectivity index (χ0) is 14.2. The summed E-state index contributed by atoms with van der Waals surface area (Å²) >= 11 is 6.34. The van der Waals surface area contributed by atoms with Crippen molar-refractivity contribution in [2.24, 2.45) is 0 Å². The van der Waals surface area contributed by atoms with E-state index in [1.165, 1.54) is 11.1 Å². The van der Waals surface area contributed by atoms with Crippen LogP contribution in [-0.2, 0) is 0 Å². The van der Waals surface area contributed by atoms with Crippen molar-refractivity contribution in [2.75, 3.05) is 6.54 Å². The maximum absolute atomic E-state index is 6.34. The molecular formula is C18H23Cl2N. The third-order valence-electron chi connectivity index (χ3n) is 3.41. The Bertz CT molecular complexity index is 448. The van der Waals surface area contributed by atoms with Crippen molar-refractivity contribution >= 4 is 24.0 Å². The normalized spacial score (nSPS) is 12.0. The topological polar surface area (TPSA) is 12.0 Å². The molecule has 0 bridgehead atoms. The predicted molar refractivity (Wildman–Crippen MR) is 94.5 cm³/mol. The number of benzene rings is 2. The van der Waals surface area contributed by atoms with Gasteiger partial charge in [-0.15, -0.1) is 24.0 Å². The summed E-state index contributed by atoms with van der Waals surface area (Å²) in [6.07, 6.45) is 2.17. The molecule has 0 aromatic heterocycles. The van der Waals surface area contributed by atoms with Gasteiger partial charge in [-0.25, -0.2) is 0 Å². The number of nitrogens with one attached hydrogen (secondary N) is 1. The van der Waals surface area contributed by atoms with E-state index in [4.69, 9.17) is 11.6 Å². The molecule has 0 aliphatic rings. The molecule has 0 spiro atoms. The van der Waals surface area contributed by atoms with Gasteiger partial charge in [-0.1, -0.05) is 74.0 Å². The van der Waals surface area contributed by atoms with E-state index in [1.54, 1.807) is 0 Å². The molecule has 0 radical (unpaired) electrons. The second kappa shape index (κ2) is 9.83. The number of alkyl halides is 1. The van der Waals surface area contributed by atoms with Crippen LogP contribution in [-0.4, -0.2) is 11.9 Å². The number of halogens is 2. The molecule has 1 unspecified atom stereocenters. The summed E-state index contributed by atoms with van der Waals surface area (Å²) in [5, 5.41) is 3.79. The van der Waals surface area contributed by atoms with Crippen LogP contribution in [0.5, 0.6) is 0 Å². The third-order valence-corrected chi connectivity index (χ3v) is 3.78. The molecule has 0 saturated carbocycles.